The zero-order valence-corrected chi connectivity index (χ0v) is 16.6. The Bertz CT molecular complexity index is 1120. The first-order valence-corrected chi connectivity index (χ1v) is 11.3. The van der Waals surface area contributed by atoms with Gasteiger partial charge in [0.05, 0.1) is 22.3 Å². The van der Waals surface area contributed by atoms with Crippen molar-refractivity contribution in [1.82, 2.24) is 9.55 Å². The van der Waals surface area contributed by atoms with Crippen LogP contribution in [0.5, 0.6) is 0 Å². The van der Waals surface area contributed by atoms with Crippen molar-refractivity contribution in [2.24, 2.45) is 5.14 Å². The number of rotatable bonds is 7. The Kier molecular flexibility index (Phi) is 5.98. The lowest BCUT2D eigenvalue weighted by atomic mass is 10.1. The first-order chi connectivity index (χ1) is 12.9. The molecule has 0 bridgehead atoms. The van der Waals surface area contributed by atoms with E-state index in [2.05, 4.69) is 4.98 Å². The van der Waals surface area contributed by atoms with Gasteiger partial charge in [0.2, 0.25) is 10.0 Å². The number of fused-ring (bicyclic) bond motifs is 1. The predicted octanol–water partition coefficient (Wildman–Crippen LogP) is 2.72. The average molecular weight is 404 g/mol. The number of nitrogens with zero attached hydrogens (tertiary/aromatic N) is 2. The number of benzene rings is 2. The van der Waals surface area contributed by atoms with Crippen molar-refractivity contribution in [3.63, 3.8) is 0 Å². The van der Waals surface area contributed by atoms with Crippen molar-refractivity contribution in [2.75, 3.05) is 11.5 Å². The Hall–Kier alpha value is -2.16. The summed E-state index contributed by atoms with van der Waals surface area (Å²) in [7, 11) is -3.50. The molecular weight excluding hydrogens is 382 g/mol. The lowest BCUT2D eigenvalue weighted by molar-refractivity contribution is 0.596. The molecule has 1 aromatic heterocycles. The van der Waals surface area contributed by atoms with Crippen LogP contribution in [-0.4, -0.2) is 29.5 Å². The smallest absolute Gasteiger partial charge is 0.266 e. The fourth-order valence-corrected chi connectivity index (χ4v) is 4.55. The molecule has 1 heterocycles. The van der Waals surface area contributed by atoms with Crippen molar-refractivity contribution in [1.29, 1.82) is 0 Å². The molecule has 27 heavy (non-hydrogen) atoms. The van der Waals surface area contributed by atoms with Crippen LogP contribution in [0.25, 0.3) is 16.6 Å². The number of hydrogen-bond donors (Lipinski definition) is 1. The van der Waals surface area contributed by atoms with Gasteiger partial charge in [-0.25, -0.2) is 18.5 Å². The van der Waals surface area contributed by atoms with Crippen LogP contribution in [0.15, 0.2) is 58.5 Å². The number of aromatic nitrogens is 2. The number of para-hydroxylation sites is 2. The predicted molar refractivity (Wildman–Crippen MR) is 110 cm³/mol. The Labute approximate surface area is 162 Å². The Balaban J connectivity index is 2.09. The van der Waals surface area contributed by atoms with E-state index in [1.54, 1.807) is 16.7 Å². The van der Waals surface area contributed by atoms with E-state index in [4.69, 9.17) is 5.14 Å². The quantitative estimate of drug-likeness (QED) is 0.372. The highest BCUT2D eigenvalue weighted by Crippen LogP contribution is 2.24. The summed E-state index contributed by atoms with van der Waals surface area (Å²) in [4.78, 5) is 17.9. The van der Waals surface area contributed by atoms with E-state index in [9.17, 15) is 13.2 Å². The van der Waals surface area contributed by atoms with Crippen molar-refractivity contribution in [3.8, 4) is 5.69 Å². The molecule has 0 aliphatic carbocycles. The molecule has 142 valence electrons. The molecule has 0 saturated carbocycles. The highest BCUT2D eigenvalue weighted by atomic mass is 32.2. The topological polar surface area (TPSA) is 95.1 Å². The van der Waals surface area contributed by atoms with Gasteiger partial charge in [-0.05, 0) is 36.6 Å². The van der Waals surface area contributed by atoms with Crippen LogP contribution in [0, 0.1) is 0 Å². The molecule has 0 aliphatic heterocycles. The first kappa shape index (κ1) is 19.6. The molecule has 0 saturated heterocycles. The zero-order valence-electron chi connectivity index (χ0n) is 15.0. The molecule has 0 atom stereocenters. The second kappa shape index (κ2) is 8.24. The summed E-state index contributed by atoms with van der Waals surface area (Å²) in [5.41, 5.74) is 2.34. The van der Waals surface area contributed by atoms with Crippen molar-refractivity contribution in [3.05, 3.63) is 64.4 Å². The first-order valence-electron chi connectivity index (χ1n) is 8.64. The van der Waals surface area contributed by atoms with Crippen LogP contribution in [-0.2, 0) is 16.4 Å². The van der Waals surface area contributed by atoms with Crippen molar-refractivity contribution < 1.29 is 8.42 Å². The molecule has 6 nitrogen and oxygen atoms in total. The van der Waals surface area contributed by atoms with Gasteiger partial charge in [0, 0.05) is 5.75 Å². The molecule has 0 spiro atoms. The number of aryl methyl sites for hydroxylation is 1. The van der Waals surface area contributed by atoms with Crippen LogP contribution in [0.2, 0.25) is 0 Å². The standard InChI is InChI=1S/C19H21N3O3S2/c1-2-14-8-3-6-11-17(14)22-18(23)15-9-4-5-10-16(15)21-19(22)26-12-7-13-27(20,24)25/h3-6,8-11H,2,7,12-13H2,1H3,(H2,20,24,25). The van der Waals surface area contributed by atoms with Gasteiger partial charge < -0.3 is 0 Å². The van der Waals surface area contributed by atoms with E-state index in [1.165, 1.54) is 11.8 Å². The molecule has 2 aromatic carbocycles. The van der Waals surface area contributed by atoms with E-state index in [1.807, 2.05) is 43.3 Å². The normalized spacial score (nSPS) is 11.8. The Morgan fingerprint density at radius 1 is 1.11 bits per heavy atom. The molecule has 0 amide bonds. The number of hydrogen-bond acceptors (Lipinski definition) is 5. The molecule has 3 rings (SSSR count). The molecule has 0 aliphatic rings. The summed E-state index contributed by atoms with van der Waals surface area (Å²) < 4.78 is 23.9. The lowest BCUT2D eigenvalue weighted by Crippen LogP contribution is -2.23. The van der Waals surface area contributed by atoms with Crippen molar-refractivity contribution >= 4 is 32.7 Å². The third kappa shape index (κ3) is 4.58. The molecule has 2 N–H and O–H groups in total. The lowest BCUT2D eigenvalue weighted by Gasteiger charge is -2.16. The van der Waals surface area contributed by atoms with Crippen LogP contribution in [0.4, 0.5) is 0 Å². The van der Waals surface area contributed by atoms with Crippen LogP contribution in [0.1, 0.15) is 18.9 Å². The highest BCUT2D eigenvalue weighted by molar-refractivity contribution is 7.99. The Morgan fingerprint density at radius 3 is 2.56 bits per heavy atom. The molecule has 0 radical (unpaired) electrons. The maximum Gasteiger partial charge on any atom is 0.266 e. The average Bonchev–Trinajstić information content (AvgIpc) is 2.65. The van der Waals surface area contributed by atoms with Crippen LogP contribution < -0.4 is 10.7 Å². The number of nitrogens with two attached hydrogens (primary N) is 1. The van der Waals surface area contributed by atoms with E-state index in [0.29, 0.717) is 28.2 Å². The summed E-state index contributed by atoms with van der Waals surface area (Å²) >= 11 is 1.36. The summed E-state index contributed by atoms with van der Waals surface area (Å²) in [6, 6.07) is 15.0. The number of primary sulfonamides is 1. The number of sulfonamides is 1. The summed E-state index contributed by atoms with van der Waals surface area (Å²) in [6.45, 7) is 2.04. The maximum atomic E-state index is 13.2. The fraction of sp³-hybridized carbons (Fsp3) is 0.263. The molecule has 0 fully saturated rings. The van der Waals surface area contributed by atoms with Gasteiger partial charge >= 0.3 is 0 Å². The van der Waals surface area contributed by atoms with Crippen LogP contribution >= 0.6 is 11.8 Å². The third-order valence-electron chi connectivity index (χ3n) is 4.16. The molecule has 3 aromatic rings. The van der Waals surface area contributed by atoms with Gasteiger partial charge in [0.25, 0.3) is 5.56 Å². The van der Waals surface area contributed by atoms with Crippen molar-refractivity contribution in [2.45, 2.75) is 24.9 Å². The van der Waals surface area contributed by atoms with E-state index in [0.717, 1.165) is 17.7 Å². The summed E-state index contributed by atoms with van der Waals surface area (Å²) in [5.74, 6) is 0.402. The SMILES string of the molecule is CCc1ccccc1-n1c(SCCCS(N)(=O)=O)nc2ccccc2c1=O. The highest BCUT2D eigenvalue weighted by Gasteiger charge is 2.15. The largest absolute Gasteiger partial charge is 0.268 e. The maximum absolute atomic E-state index is 13.2. The van der Waals surface area contributed by atoms with Crippen LogP contribution in [0.3, 0.4) is 0 Å². The number of thioether (sulfide) groups is 1. The third-order valence-corrected chi connectivity index (χ3v) is 6.05. The second-order valence-electron chi connectivity index (χ2n) is 6.10. The minimum atomic E-state index is -3.50. The fourth-order valence-electron chi connectivity index (χ4n) is 2.87. The minimum Gasteiger partial charge on any atom is -0.268 e. The van der Waals surface area contributed by atoms with E-state index >= 15 is 0 Å². The molecule has 8 heteroatoms. The van der Waals surface area contributed by atoms with Gasteiger partial charge in [-0.3, -0.25) is 9.36 Å². The Morgan fingerprint density at radius 2 is 1.81 bits per heavy atom. The molecule has 0 unspecified atom stereocenters. The van der Waals surface area contributed by atoms with Gasteiger partial charge in [-0.1, -0.05) is 49.0 Å². The van der Waals surface area contributed by atoms with Gasteiger partial charge in [0.15, 0.2) is 5.16 Å². The summed E-state index contributed by atoms with van der Waals surface area (Å²) in [6.07, 6.45) is 1.17. The monoisotopic (exact) mass is 403 g/mol. The second-order valence-corrected chi connectivity index (χ2v) is 8.90. The summed E-state index contributed by atoms with van der Waals surface area (Å²) in [5, 5.41) is 6.17. The van der Waals surface area contributed by atoms with Gasteiger partial charge in [0.1, 0.15) is 0 Å². The van der Waals surface area contributed by atoms with E-state index < -0.39 is 10.0 Å². The van der Waals surface area contributed by atoms with Gasteiger partial charge in [-0.15, -0.1) is 0 Å². The molecular formula is C19H21N3O3S2. The minimum absolute atomic E-state index is 0.0939. The van der Waals surface area contributed by atoms with E-state index in [-0.39, 0.29) is 11.3 Å². The zero-order chi connectivity index (χ0) is 19.4. The van der Waals surface area contributed by atoms with Gasteiger partial charge in [-0.2, -0.15) is 0 Å².